The number of ether oxygens (including phenoxy) is 1. The molecule has 1 atom stereocenters. The van der Waals surface area contributed by atoms with Crippen LogP contribution in [0.2, 0.25) is 0 Å². The van der Waals surface area contributed by atoms with Gasteiger partial charge >= 0.3 is 0 Å². The second-order valence-corrected chi connectivity index (χ2v) is 6.96. The standard InChI is InChI=1S/C19H26N2O.ClH/c1-19(8-9-20-13-19)14-21(2)12-15-4-5-17-11-18(22-3)7-6-16(17)10-15;/h4-7,10-11,20H,8-9,12-14H2,1-3H3;1H. The van der Waals surface area contributed by atoms with Crippen molar-refractivity contribution in [2.24, 2.45) is 5.41 Å². The molecule has 0 saturated carbocycles. The zero-order chi connectivity index (χ0) is 15.6. The molecular formula is C19H27ClN2O. The Hall–Kier alpha value is -1.29. The molecule has 23 heavy (non-hydrogen) atoms. The zero-order valence-electron chi connectivity index (χ0n) is 14.3. The molecule has 3 rings (SSSR count). The molecule has 2 aromatic rings. The van der Waals surface area contributed by atoms with Gasteiger partial charge in [-0.25, -0.2) is 0 Å². The Balaban J connectivity index is 0.00000192. The molecule has 1 aliphatic rings. The van der Waals surface area contributed by atoms with Gasteiger partial charge in [-0.3, -0.25) is 0 Å². The van der Waals surface area contributed by atoms with Crippen molar-refractivity contribution < 1.29 is 4.74 Å². The number of hydrogen-bond acceptors (Lipinski definition) is 3. The maximum Gasteiger partial charge on any atom is 0.119 e. The molecule has 0 spiro atoms. The first-order valence-corrected chi connectivity index (χ1v) is 8.04. The zero-order valence-corrected chi connectivity index (χ0v) is 15.1. The topological polar surface area (TPSA) is 24.5 Å². The normalized spacial score (nSPS) is 20.7. The third-order valence-corrected chi connectivity index (χ3v) is 4.67. The Labute approximate surface area is 145 Å². The molecule has 1 aliphatic heterocycles. The number of benzene rings is 2. The predicted molar refractivity (Wildman–Crippen MR) is 99.7 cm³/mol. The fourth-order valence-electron chi connectivity index (χ4n) is 3.52. The summed E-state index contributed by atoms with van der Waals surface area (Å²) in [6, 6.07) is 13.0. The number of nitrogens with one attached hydrogen (secondary N) is 1. The second kappa shape index (κ2) is 7.52. The van der Waals surface area contributed by atoms with Crippen LogP contribution in [0.15, 0.2) is 36.4 Å². The SMILES string of the molecule is COc1ccc2cc(CN(C)CC3(C)CCNC3)ccc2c1.Cl. The minimum absolute atomic E-state index is 0. The number of methoxy groups -OCH3 is 1. The number of nitrogens with zero attached hydrogens (tertiary/aromatic N) is 1. The molecule has 1 fully saturated rings. The quantitative estimate of drug-likeness (QED) is 0.902. The van der Waals surface area contributed by atoms with E-state index < -0.39 is 0 Å². The van der Waals surface area contributed by atoms with E-state index in [1.54, 1.807) is 7.11 Å². The van der Waals surface area contributed by atoms with Gasteiger partial charge in [-0.15, -0.1) is 12.4 Å². The number of rotatable bonds is 5. The van der Waals surface area contributed by atoms with Crippen LogP contribution in [0.4, 0.5) is 0 Å². The maximum atomic E-state index is 5.29. The molecular weight excluding hydrogens is 308 g/mol. The van der Waals surface area contributed by atoms with Gasteiger partial charge in [-0.1, -0.05) is 25.1 Å². The Bertz CT molecular complexity index is 653. The number of hydrogen-bond donors (Lipinski definition) is 1. The van der Waals surface area contributed by atoms with Crippen LogP contribution >= 0.6 is 12.4 Å². The molecule has 0 bridgehead atoms. The van der Waals surface area contributed by atoms with Crippen LogP contribution < -0.4 is 10.1 Å². The van der Waals surface area contributed by atoms with E-state index in [2.05, 4.69) is 54.5 Å². The minimum atomic E-state index is 0. The fourth-order valence-corrected chi connectivity index (χ4v) is 3.52. The Morgan fingerprint density at radius 1 is 1.17 bits per heavy atom. The van der Waals surface area contributed by atoms with Crippen LogP contribution in [0.3, 0.4) is 0 Å². The van der Waals surface area contributed by atoms with Crippen molar-refractivity contribution in [2.75, 3.05) is 33.8 Å². The van der Waals surface area contributed by atoms with Gasteiger partial charge in [0.15, 0.2) is 0 Å². The Morgan fingerprint density at radius 2 is 1.91 bits per heavy atom. The van der Waals surface area contributed by atoms with Crippen molar-refractivity contribution >= 4 is 23.2 Å². The van der Waals surface area contributed by atoms with E-state index in [-0.39, 0.29) is 12.4 Å². The summed E-state index contributed by atoms with van der Waals surface area (Å²) in [5, 5.41) is 5.99. The van der Waals surface area contributed by atoms with Crippen molar-refractivity contribution in [3.8, 4) is 5.75 Å². The van der Waals surface area contributed by atoms with Crippen LogP contribution in [-0.2, 0) is 6.54 Å². The number of halogens is 1. The highest BCUT2D eigenvalue weighted by molar-refractivity contribution is 5.85. The van der Waals surface area contributed by atoms with Gasteiger partial charge in [0, 0.05) is 19.6 Å². The highest BCUT2D eigenvalue weighted by Gasteiger charge is 2.29. The smallest absolute Gasteiger partial charge is 0.119 e. The van der Waals surface area contributed by atoms with E-state index in [1.165, 1.54) is 22.8 Å². The molecule has 4 heteroatoms. The first kappa shape index (κ1) is 18.1. The molecule has 0 amide bonds. The molecule has 3 nitrogen and oxygen atoms in total. The van der Waals surface area contributed by atoms with Gasteiger partial charge in [0.1, 0.15) is 5.75 Å². The lowest BCUT2D eigenvalue weighted by Gasteiger charge is -2.29. The predicted octanol–water partition coefficient (Wildman–Crippen LogP) is 3.70. The molecule has 1 N–H and O–H groups in total. The average molecular weight is 335 g/mol. The first-order valence-electron chi connectivity index (χ1n) is 8.04. The monoisotopic (exact) mass is 334 g/mol. The Morgan fingerprint density at radius 3 is 2.61 bits per heavy atom. The summed E-state index contributed by atoms with van der Waals surface area (Å²) >= 11 is 0. The van der Waals surface area contributed by atoms with E-state index in [9.17, 15) is 0 Å². The van der Waals surface area contributed by atoms with Crippen molar-refractivity contribution in [3.05, 3.63) is 42.0 Å². The van der Waals surface area contributed by atoms with Gasteiger partial charge in [-0.05, 0) is 60.0 Å². The van der Waals surface area contributed by atoms with Crippen LogP contribution in [-0.4, -0.2) is 38.7 Å². The lowest BCUT2D eigenvalue weighted by atomic mass is 9.89. The van der Waals surface area contributed by atoms with Gasteiger partial charge in [0.25, 0.3) is 0 Å². The third kappa shape index (κ3) is 4.37. The minimum Gasteiger partial charge on any atom is -0.497 e. The summed E-state index contributed by atoms with van der Waals surface area (Å²) in [6.45, 7) is 6.81. The van der Waals surface area contributed by atoms with Crippen LogP contribution in [0.1, 0.15) is 18.9 Å². The average Bonchev–Trinajstić information content (AvgIpc) is 2.92. The highest BCUT2D eigenvalue weighted by atomic mass is 35.5. The summed E-state index contributed by atoms with van der Waals surface area (Å²) in [4.78, 5) is 2.44. The molecule has 2 aromatic carbocycles. The molecule has 1 unspecified atom stereocenters. The molecule has 0 aromatic heterocycles. The van der Waals surface area contributed by atoms with Gasteiger partial charge < -0.3 is 15.0 Å². The molecule has 0 aliphatic carbocycles. The summed E-state index contributed by atoms with van der Waals surface area (Å²) < 4.78 is 5.29. The summed E-state index contributed by atoms with van der Waals surface area (Å²) in [7, 11) is 3.94. The summed E-state index contributed by atoms with van der Waals surface area (Å²) in [5.41, 5.74) is 1.79. The van der Waals surface area contributed by atoms with Gasteiger partial charge in [0.2, 0.25) is 0 Å². The van der Waals surface area contributed by atoms with Crippen molar-refractivity contribution in [1.82, 2.24) is 10.2 Å². The Kier molecular flexibility index (Phi) is 5.90. The van der Waals surface area contributed by atoms with E-state index in [0.717, 1.165) is 31.9 Å². The molecule has 0 radical (unpaired) electrons. The van der Waals surface area contributed by atoms with Crippen molar-refractivity contribution in [2.45, 2.75) is 19.9 Å². The van der Waals surface area contributed by atoms with Gasteiger partial charge in [0.05, 0.1) is 7.11 Å². The summed E-state index contributed by atoms with van der Waals surface area (Å²) in [6.07, 6.45) is 1.27. The lowest BCUT2D eigenvalue weighted by Crippen LogP contribution is -2.34. The lowest BCUT2D eigenvalue weighted by molar-refractivity contribution is 0.203. The highest BCUT2D eigenvalue weighted by Crippen LogP contribution is 2.26. The maximum absolute atomic E-state index is 5.29. The number of fused-ring (bicyclic) bond motifs is 1. The molecule has 1 saturated heterocycles. The third-order valence-electron chi connectivity index (χ3n) is 4.67. The van der Waals surface area contributed by atoms with E-state index >= 15 is 0 Å². The van der Waals surface area contributed by atoms with Gasteiger partial charge in [-0.2, -0.15) is 0 Å². The molecule has 126 valence electrons. The van der Waals surface area contributed by atoms with E-state index in [0.29, 0.717) is 5.41 Å². The van der Waals surface area contributed by atoms with Crippen LogP contribution in [0.5, 0.6) is 5.75 Å². The van der Waals surface area contributed by atoms with Crippen molar-refractivity contribution in [3.63, 3.8) is 0 Å². The van der Waals surface area contributed by atoms with Crippen LogP contribution in [0.25, 0.3) is 10.8 Å². The van der Waals surface area contributed by atoms with E-state index in [1.807, 2.05) is 6.07 Å². The van der Waals surface area contributed by atoms with Crippen LogP contribution in [0, 0.1) is 5.41 Å². The van der Waals surface area contributed by atoms with Crippen molar-refractivity contribution in [1.29, 1.82) is 0 Å². The largest absolute Gasteiger partial charge is 0.497 e. The fraction of sp³-hybridized carbons (Fsp3) is 0.474. The molecule has 1 heterocycles. The second-order valence-electron chi connectivity index (χ2n) is 6.96. The summed E-state index contributed by atoms with van der Waals surface area (Å²) in [5.74, 6) is 0.916. The first-order chi connectivity index (χ1) is 10.6. The van der Waals surface area contributed by atoms with E-state index in [4.69, 9.17) is 4.74 Å².